The monoisotopic (exact) mass is 488 g/mol. The number of hydrogen-bond acceptors (Lipinski definition) is 6. The van der Waals surface area contributed by atoms with E-state index in [1.54, 1.807) is 36.1 Å². The minimum absolute atomic E-state index is 0.0313. The standard InChI is InChI=1S/C23H28N4O6S/c1-16(23(30)27-11-13-33-14-12-27)25-22(29)19-5-3-18(4-6-19)15-24-34(31,32)21-9-7-20(8-10-21)26-17(2)28/h3-10,16,24H,11-15H2,1-2H3,(H,25,29)(H,26,28). The number of amides is 3. The first-order valence-electron chi connectivity index (χ1n) is 10.8. The molecule has 0 aromatic heterocycles. The minimum atomic E-state index is -3.76. The Hall–Kier alpha value is -3.28. The van der Waals surface area contributed by atoms with Crippen molar-refractivity contribution in [1.29, 1.82) is 0 Å². The number of nitrogens with zero attached hydrogens (tertiary/aromatic N) is 1. The zero-order valence-corrected chi connectivity index (χ0v) is 19.9. The summed E-state index contributed by atoms with van der Waals surface area (Å²) in [5, 5.41) is 5.28. The molecule has 0 aliphatic carbocycles. The molecule has 34 heavy (non-hydrogen) atoms. The molecule has 1 saturated heterocycles. The van der Waals surface area contributed by atoms with Crippen molar-refractivity contribution in [3.63, 3.8) is 0 Å². The highest BCUT2D eigenvalue weighted by Gasteiger charge is 2.24. The molecule has 0 saturated carbocycles. The number of carbonyl (C=O) groups excluding carboxylic acids is 3. The molecule has 1 atom stereocenters. The number of sulfonamides is 1. The van der Waals surface area contributed by atoms with E-state index < -0.39 is 16.1 Å². The van der Waals surface area contributed by atoms with Crippen LogP contribution in [0.5, 0.6) is 0 Å². The molecular formula is C23H28N4O6S. The van der Waals surface area contributed by atoms with Crippen LogP contribution in [0.15, 0.2) is 53.4 Å². The number of rotatable bonds is 8. The lowest BCUT2D eigenvalue weighted by molar-refractivity contribution is -0.136. The second-order valence-corrected chi connectivity index (χ2v) is 9.63. The summed E-state index contributed by atoms with van der Waals surface area (Å²) in [6, 6.07) is 11.6. The Balaban J connectivity index is 1.54. The maximum absolute atomic E-state index is 12.5. The highest BCUT2D eigenvalue weighted by Crippen LogP contribution is 2.15. The lowest BCUT2D eigenvalue weighted by Crippen LogP contribution is -2.50. The van der Waals surface area contributed by atoms with Gasteiger partial charge >= 0.3 is 0 Å². The second kappa shape index (κ2) is 11.2. The lowest BCUT2D eigenvalue weighted by Gasteiger charge is -2.29. The van der Waals surface area contributed by atoms with E-state index in [0.29, 0.717) is 43.1 Å². The fraction of sp³-hybridized carbons (Fsp3) is 0.348. The Morgan fingerprint density at radius 1 is 1.00 bits per heavy atom. The Bertz CT molecular complexity index is 1130. The summed E-state index contributed by atoms with van der Waals surface area (Å²) >= 11 is 0. The quantitative estimate of drug-likeness (QED) is 0.510. The smallest absolute Gasteiger partial charge is 0.251 e. The van der Waals surface area contributed by atoms with E-state index in [1.807, 2.05) is 0 Å². The molecule has 182 valence electrons. The molecule has 0 bridgehead atoms. The zero-order valence-electron chi connectivity index (χ0n) is 19.0. The number of benzene rings is 2. The molecule has 11 heteroatoms. The lowest BCUT2D eigenvalue weighted by atomic mass is 10.1. The molecular weight excluding hydrogens is 460 g/mol. The number of nitrogens with one attached hydrogen (secondary N) is 3. The Morgan fingerprint density at radius 2 is 1.62 bits per heavy atom. The molecule has 3 N–H and O–H groups in total. The average molecular weight is 489 g/mol. The number of ether oxygens (including phenoxy) is 1. The van der Waals surface area contributed by atoms with Crippen molar-refractivity contribution >= 4 is 33.4 Å². The fourth-order valence-electron chi connectivity index (χ4n) is 3.36. The summed E-state index contributed by atoms with van der Waals surface area (Å²) in [6.07, 6.45) is 0. The Kier molecular flexibility index (Phi) is 8.37. The van der Waals surface area contributed by atoms with Gasteiger partial charge in [0.2, 0.25) is 21.8 Å². The largest absolute Gasteiger partial charge is 0.378 e. The molecule has 0 spiro atoms. The molecule has 1 heterocycles. The number of hydrogen-bond donors (Lipinski definition) is 3. The number of morpholine rings is 1. The predicted molar refractivity (Wildman–Crippen MR) is 126 cm³/mol. The van der Waals surface area contributed by atoms with E-state index >= 15 is 0 Å². The van der Waals surface area contributed by atoms with Gasteiger partial charge in [-0.15, -0.1) is 0 Å². The van der Waals surface area contributed by atoms with Crippen LogP contribution in [-0.4, -0.2) is 63.4 Å². The van der Waals surface area contributed by atoms with Gasteiger partial charge in [-0.3, -0.25) is 14.4 Å². The van der Waals surface area contributed by atoms with Gasteiger partial charge in [-0.25, -0.2) is 13.1 Å². The van der Waals surface area contributed by atoms with Crippen molar-refractivity contribution in [2.75, 3.05) is 31.6 Å². The van der Waals surface area contributed by atoms with Gasteiger partial charge in [0, 0.05) is 37.8 Å². The summed E-state index contributed by atoms with van der Waals surface area (Å²) in [5.41, 5.74) is 1.52. The van der Waals surface area contributed by atoms with Crippen LogP contribution in [0.1, 0.15) is 29.8 Å². The topological polar surface area (TPSA) is 134 Å². The van der Waals surface area contributed by atoms with Gasteiger partial charge in [-0.2, -0.15) is 0 Å². The van der Waals surface area contributed by atoms with Gasteiger partial charge in [-0.1, -0.05) is 12.1 Å². The molecule has 2 aromatic rings. The molecule has 3 amide bonds. The third-order valence-electron chi connectivity index (χ3n) is 5.21. The molecule has 1 aliphatic heterocycles. The van der Waals surface area contributed by atoms with Crippen molar-refractivity contribution < 1.29 is 27.5 Å². The summed E-state index contributed by atoms with van der Waals surface area (Å²) in [7, 11) is -3.76. The minimum Gasteiger partial charge on any atom is -0.378 e. The van der Waals surface area contributed by atoms with Crippen LogP contribution in [0, 0.1) is 0 Å². The molecule has 2 aromatic carbocycles. The van der Waals surface area contributed by atoms with Crippen LogP contribution in [0.3, 0.4) is 0 Å². The molecule has 1 fully saturated rings. The van der Waals surface area contributed by atoms with E-state index in [9.17, 15) is 22.8 Å². The highest BCUT2D eigenvalue weighted by atomic mass is 32.2. The molecule has 3 rings (SSSR count). The maximum atomic E-state index is 12.5. The van der Waals surface area contributed by atoms with Crippen LogP contribution >= 0.6 is 0 Å². The van der Waals surface area contributed by atoms with Crippen molar-refractivity contribution in [1.82, 2.24) is 14.9 Å². The van der Waals surface area contributed by atoms with Crippen LogP contribution in [0.25, 0.3) is 0 Å². The van der Waals surface area contributed by atoms with Crippen molar-refractivity contribution in [3.8, 4) is 0 Å². The van der Waals surface area contributed by atoms with Crippen LogP contribution in [-0.2, 0) is 30.9 Å². The zero-order chi connectivity index (χ0) is 24.7. The first-order valence-corrected chi connectivity index (χ1v) is 12.3. The van der Waals surface area contributed by atoms with Crippen LogP contribution in [0.2, 0.25) is 0 Å². The Morgan fingerprint density at radius 3 is 2.21 bits per heavy atom. The van der Waals surface area contributed by atoms with Gasteiger partial charge in [-0.05, 0) is 48.9 Å². The van der Waals surface area contributed by atoms with Gasteiger partial charge in [0.15, 0.2) is 0 Å². The predicted octanol–water partition coefficient (Wildman–Crippen LogP) is 1.10. The van der Waals surface area contributed by atoms with Crippen molar-refractivity contribution in [2.24, 2.45) is 0 Å². The first kappa shape index (κ1) is 25.3. The molecule has 1 unspecified atom stereocenters. The number of carbonyl (C=O) groups is 3. The molecule has 0 radical (unpaired) electrons. The second-order valence-electron chi connectivity index (χ2n) is 7.86. The van der Waals surface area contributed by atoms with Crippen LogP contribution in [0.4, 0.5) is 5.69 Å². The number of anilines is 1. The summed E-state index contributed by atoms with van der Waals surface area (Å²) in [6.45, 7) is 5.02. The summed E-state index contributed by atoms with van der Waals surface area (Å²) < 4.78 is 32.8. The van der Waals surface area contributed by atoms with E-state index in [4.69, 9.17) is 4.74 Å². The molecule has 1 aliphatic rings. The van der Waals surface area contributed by atoms with Gasteiger partial charge in [0.25, 0.3) is 5.91 Å². The fourth-order valence-corrected chi connectivity index (χ4v) is 4.37. The van der Waals surface area contributed by atoms with E-state index in [-0.39, 0.29) is 29.2 Å². The average Bonchev–Trinajstić information content (AvgIpc) is 2.83. The van der Waals surface area contributed by atoms with Crippen molar-refractivity contribution in [2.45, 2.75) is 31.3 Å². The van der Waals surface area contributed by atoms with Gasteiger partial charge in [0.05, 0.1) is 18.1 Å². The van der Waals surface area contributed by atoms with Crippen molar-refractivity contribution in [3.05, 3.63) is 59.7 Å². The maximum Gasteiger partial charge on any atom is 0.251 e. The van der Waals surface area contributed by atoms with Gasteiger partial charge < -0.3 is 20.3 Å². The first-order chi connectivity index (χ1) is 16.2. The van der Waals surface area contributed by atoms with E-state index in [1.165, 1.54) is 31.2 Å². The normalized spacial score (nSPS) is 14.8. The molecule has 10 nitrogen and oxygen atoms in total. The summed E-state index contributed by atoms with van der Waals surface area (Å²) in [5.74, 6) is -0.794. The van der Waals surface area contributed by atoms with E-state index in [0.717, 1.165) is 0 Å². The van der Waals surface area contributed by atoms with Gasteiger partial charge in [0.1, 0.15) is 6.04 Å². The third kappa shape index (κ3) is 6.86. The highest BCUT2D eigenvalue weighted by molar-refractivity contribution is 7.89. The van der Waals surface area contributed by atoms with Crippen LogP contribution < -0.4 is 15.4 Å². The SMILES string of the molecule is CC(=O)Nc1ccc(S(=O)(=O)NCc2ccc(C(=O)NC(C)C(=O)N3CCOCC3)cc2)cc1. The van der Waals surface area contributed by atoms with E-state index in [2.05, 4.69) is 15.4 Å². The Labute approximate surface area is 198 Å². The third-order valence-corrected chi connectivity index (χ3v) is 6.63. The summed E-state index contributed by atoms with van der Waals surface area (Å²) in [4.78, 5) is 37.8.